The van der Waals surface area contributed by atoms with Gasteiger partial charge in [0.05, 0.1) is 15.9 Å². The topological polar surface area (TPSA) is 89.6 Å². The number of fused-ring (bicyclic) bond motifs is 1. The number of aromatic amines is 1. The van der Waals surface area contributed by atoms with Gasteiger partial charge in [0.1, 0.15) is 0 Å². The van der Waals surface area contributed by atoms with Crippen molar-refractivity contribution >= 4 is 32.9 Å². The fourth-order valence-electron chi connectivity index (χ4n) is 3.43. The Labute approximate surface area is 169 Å². The van der Waals surface area contributed by atoms with E-state index in [4.69, 9.17) is 0 Å². The van der Waals surface area contributed by atoms with E-state index in [1.807, 2.05) is 24.3 Å². The molecule has 0 saturated carbocycles. The van der Waals surface area contributed by atoms with Crippen LogP contribution in [0.1, 0.15) is 10.4 Å². The van der Waals surface area contributed by atoms with Crippen LogP contribution in [0.3, 0.4) is 0 Å². The summed E-state index contributed by atoms with van der Waals surface area (Å²) >= 11 is 0. The number of piperazine rings is 1. The van der Waals surface area contributed by atoms with Crippen molar-refractivity contribution in [2.75, 3.05) is 45.2 Å². The van der Waals surface area contributed by atoms with E-state index in [0.29, 0.717) is 31.7 Å². The lowest BCUT2D eigenvalue weighted by Crippen LogP contribution is -2.49. The van der Waals surface area contributed by atoms with Gasteiger partial charge in [-0.2, -0.15) is 4.31 Å². The second-order valence-electron chi connectivity index (χ2n) is 7.20. The van der Waals surface area contributed by atoms with Crippen LogP contribution in [0.5, 0.6) is 0 Å². The Morgan fingerprint density at radius 1 is 1.03 bits per heavy atom. The second-order valence-corrected chi connectivity index (χ2v) is 9.13. The first-order valence-corrected chi connectivity index (χ1v) is 10.8. The van der Waals surface area contributed by atoms with Crippen LogP contribution in [0.4, 0.5) is 5.95 Å². The number of imidazole rings is 1. The maximum atomic E-state index is 13.1. The maximum Gasteiger partial charge on any atom is 0.253 e. The third kappa shape index (κ3) is 3.70. The molecule has 0 unspecified atom stereocenters. The van der Waals surface area contributed by atoms with E-state index < -0.39 is 10.0 Å². The van der Waals surface area contributed by atoms with E-state index >= 15 is 0 Å². The molecule has 9 heteroatoms. The number of rotatable bonds is 4. The van der Waals surface area contributed by atoms with Gasteiger partial charge >= 0.3 is 0 Å². The minimum absolute atomic E-state index is 0.141. The van der Waals surface area contributed by atoms with Gasteiger partial charge in [-0.15, -0.1) is 0 Å². The fraction of sp³-hybridized carbons (Fsp3) is 0.300. The molecule has 0 bridgehead atoms. The molecule has 4 rings (SSSR count). The molecule has 8 nitrogen and oxygen atoms in total. The van der Waals surface area contributed by atoms with Crippen molar-refractivity contribution in [3.05, 3.63) is 54.1 Å². The predicted molar refractivity (Wildman–Crippen MR) is 112 cm³/mol. The first-order chi connectivity index (χ1) is 13.9. The highest BCUT2D eigenvalue weighted by Gasteiger charge is 2.30. The zero-order chi connectivity index (χ0) is 20.6. The Hall–Kier alpha value is -2.91. The lowest BCUT2D eigenvalue weighted by molar-refractivity contribution is 0.0827. The van der Waals surface area contributed by atoms with Gasteiger partial charge in [0.15, 0.2) is 0 Å². The van der Waals surface area contributed by atoms with E-state index in [1.54, 1.807) is 26.2 Å². The van der Waals surface area contributed by atoms with Crippen molar-refractivity contribution in [3.8, 4) is 0 Å². The molecule has 2 heterocycles. The van der Waals surface area contributed by atoms with Crippen LogP contribution in [0.25, 0.3) is 11.0 Å². The normalized spacial score (nSPS) is 15.6. The first-order valence-electron chi connectivity index (χ1n) is 9.38. The number of hydrogen-bond donors (Lipinski definition) is 1. The third-order valence-corrected chi connectivity index (χ3v) is 6.93. The molecular formula is C20H23N5O3S. The molecule has 0 atom stereocenters. The van der Waals surface area contributed by atoms with Gasteiger partial charge < -0.3 is 14.8 Å². The average molecular weight is 414 g/mol. The number of hydrogen-bond acceptors (Lipinski definition) is 5. The summed E-state index contributed by atoms with van der Waals surface area (Å²) in [5.74, 6) is 0.526. The molecule has 1 fully saturated rings. The van der Waals surface area contributed by atoms with Gasteiger partial charge in [-0.25, -0.2) is 13.4 Å². The third-order valence-electron chi connectivity index (χ3n) is 5.04. The Balaban J connectivity index is 1.50. The van der Waals surface area contributed by atoms with Crippen molar-refractivity contribution in [3.63, 3.8) is 0 Å². The Bertz CT molecular complexity index is 1110. The standard InChI is InChI=1S/C20H23N5O3S/c1-23(2)19(26)15-6-5-7-16(14-15)29(27,28)25-12-10-24(11-13-25)20-21-17-8-3-4-9-18(17)22-20/h3-9,14H,10-13H2,1-2H3,(H,21,22). The summed E-state index contributed by atoms with van der Waals surface area (Å²) in [5, 5.41) is 0. The minimum atomic E-state index is -3.67. The van der Waals surface area contributed by atoms with Crippen LogP contribution in [0.2, 0.25) is 0 Å². The van der Waals surface area contributed by atoms with Crippen molar-refractivity contribution in [2.45, 2.75) is 4.90 Å². The van der Waals surface area contributed by atoms with Crippen LogP contribution < -0.4 is 4.90 Å². The van der Waals surface area contributed by atoms with Crippen LogP contribution in [0, 0.1) is 0 Å². The highest BCUT2D eigenvalue weighted by Crippen LogP contribution is 2.22. The van der Waals surface area contributed by atoms with E-state index in [9.17, 15) is 13.2 Å². The van der Waals surface area contributed by atoms with Crippen molar-refractivity contribution < 1.29 is 13.2 Å². The highest BCUT2D eigenvalue weighted by atomic mass is 32.2. The number of aromatic nitrogens is 2. The summed E-state index contributed by atoms with van der Waals surface area (Å²) < 4.78 is 27.6. The van der Waals surface area contributed by atoms with Crippen molar-refractivity contribution in [1.29, 1.82) is 0 Å². The summed E-state index contributed by atoms with van der Waals surface area (Å²) in [6.07, 6.45) is 0. The van der Waals surface area contributed by atoms with Gasteiger partial charge in [0.2, 0.25) is 16.0 Å². The summed E-state index contributed by atoms with van der Waals surface area (Å²) in [4.78, 5) is 23.7. The summed E-state index contributed by atoms with van der Waals surface area (Å²) in [6, 6.07) is 14.0. The molecule has 1 aliphatic heterocycles. The molecule has 152 valence electrons. The molecular weight excluding hydrogens is 390 g/mol. The summed E-state index contributed by atoms with van der Waals surface area (Å²) in [7, 11) is -0.389. The van der Waals surface area contributed by atoms with Crippen molar-refractivity contribution in [2.24, 2.45) is 0 Å². The lowest BCUT2D eigenvalue weighted by atomic mass is 10.2. The van der Waals surface area contributed by atoms with Gasteiger partial charge in [-0.1, -0.05) is 18.2 Å². The van der Waals surface area contributed by atoms with Crippen molar-refractivity contribution in [1.82, 2.24) is 19.2 Å². The summed E-state index contributed by atoms with van der Waals surface area (Å²) in [5.41, 5.74) is 2.21. The van der Waals surface area contributed by atoms with Gasteiger partial charge in [0, 0.05) is 45.8 Å². The SMILES string of the molecule is CN(C)C(=O)c1cccc(S(=O)(=O)N2CCN(c3nc4ccccc4[nH]3)CC2)c1. The molecule has 1 aliphatic rings. The maximum absolute atomic E-state index is 13.1. The van der Waals surface area contributed by atoms with Crippen LogP contribution >= 0.6 is 0 Å². The van der Waals surface area contributed by atoms with Gasteiger partial charge in [-0.05, 0) is 30.3 Å². The molecule has 3 aromatic rings. The predicted octanol–water partition coefficient (Wildman–Crippen LogP) is 1.78. The molecule has 1 N–H and O–H groups in total. The molecule has 29 heavy (non-hydrogen) atoms. The highest BCUT2D eigenvalue weighted by molar-refractivity contribution is 7.89. The second kappa shape index (κ2) is 7.49. The number of benzene rings is 2. The molecule has 1 aromatic heterocycles. The lowest BCUT2D eigenvalue weighted by Gasteiger charge is -2.33. The van der Waals surface area contributed by atoms with Crippen LogP contribution in [-0.4, -0.2) is 73.8 Å². The minimum Gasteiger partial charge on any atom is -0.345 e. The Morgan fingerprint density at radius 3 is 2.45 bits per heavy atom. The number of para-hydroxylation sites is 2. The number of anilines is 1. The Kier molecular flexibility index (Phi) is 5.01. The van der Waals surface area contributed by atoms with E-state index in [2.05, 4.69) is 14.9 Å². The van der Waals surface area contributed by atoms with Crippen LogP contribution in [-0.2, 0) is 10.0 Å². The number of nitrogens with zero attached hydrogens (tertiary/aromatic N) is 4. The molecule has 0 radical (unpaired) electrons. The largest absolute Gasteiger partial charge is 0.345 e. The number of carbonyl (C=O) groups is 1. The number of sulfonamides is 1. The molecule has 2 aromatic carbocycles. The molecule has 0 spiro atoms. The number of H-pyrrole nitrogens is 1. The first kappa shape index (κ1) is 19.4. The smallest absolute Gasteiger partial charge is 0.253 e. The average Bonchev–Trinajstić information content (AvgIpc) is 3.17. The molecule has 1 saturated heterocycles. The van der Waals surface area contributed by atoms with E-state index in [1.165, 1.54) is 21.3 Å². The van der Waals surface area contributed by atoms with E-state index in [0.717, 1.165) is 17.0 Å². The van der Waals surface area contributed by atoms with Crippen LogP contribution in [0.15, 0.2) is 53.4 Å². The number of carbonyl (C=O) groups excluding carboxylic acids is 1. The van der Waals surface area contributed by atoms with E-state index in [-0.39, 0.29) is 10.8 Å². The van der Waals surface area contributed by atoms with Gasteiger partial charge in [0.25, 0.3) is 5.91 Å². The number of nitrogens with one attached hydrogen (secondary N) is 1. The monoisotopic (exact) mass is 413 g/mol. The zero-order valence-electron chi connectivity index (χ0n) is 16.4. The summed E-state index contributed by atoms with van der Waals surface area (Å²) in [6.45, 7) is 1.78. The number of amides is 1. The molecule has 1 amide bonds. The Morgan fingerprint density at radius 2 is 1.76 bits per heavy atom. The van der Waals surface area contributed by atoms with Gasteiger partial charge in [-0.3, -0.25) is 4.79 Å². The molecule has 0 aliphatic carbocycles. The zero-order valence-corrected chi connectivity index (χ0v) is 17.2. The quantitative estimate of drug-likeness (QED) is 0.704. The fourth-order valence-corrected chi connectivity index (χ4v) is 4.89.